The first kappa shape index (κ1) is 31.5. The number of halogens is 7. The van der Waals surface area contributed by atoms with E-state index in [2.05, 4.69) is 0 Å². The molecule has 0 aromatic heterocycles. The van der Waals surface area contributed by atoms with Crippen LogP contribution in [0, 0.1) is 17.7 Å². The molecule has 2 aromatic carbocycles. The highest BCUT2D eigenvalue weighted by Gasteiger charge is 2.45. The summed E-state index contributed by atoms with van der Waals surface area (Å²) in [6.07, 6.45) is -6.83. The van der Waals surface area contributed by atoms with Gasteiger partial charge in [0.1, 0.15) is 18.2 Å². The average molecular weight is 601 g/mol. The SMILES string of the molecule is CC(F)(F)CC[C@@H]1CN(c2ccc(F)cc2)c2cc(C(F)(F)F)c(OC[C@H](CCN)C(=O)O)cc2S(=O)(=O)[C@@H]1F. The molecule has 0 fully saturated rings. The zero-order valence-electron chi connectivity index (χ0n) is 21.1. The molecule has 1 heterocycles. The summed E-state index contributed by atoms with van der Waals surface area (Å²) < 4.78 is 131. The van der Waals surface area contributed by atoms with Crippen molar-refractivity contribution in [3.8, 4) is 5.75 Å². The first-order chi connectivity index (χ1) is 18.5. The molecule has 3 N–H and O–H groups in total. The van der Waals surface area contributed by atoms with E-state index < -0.39 is 99.0 Å². The van der Waals surface area contributed by atoms with Gasteiger partial charge in [-0.15, -0.1) is 0 Å². The fourth-order valence-corrected chi connectivity index (χ4v) is 6.02. The number of rotatable bonds is 10. The zero-order valence-corrected chi connectivity index (χ0v) is 21.9. The first-order valence-electron chi connectivity index (χ1n) is 12.1. The Morgan fingerprint density at radius 3 is 2.33 bits per heavy atom. The van der Waals surface area contributed by atoms with Crippen molar-refractivity contribution in [2.45, 2.75) is 48.7 Å². The van der Waals surface area contributed by atoms with Gasteiger partial charge < -0.3 is 20.5 Å². The summed E-state index contributed by atoms with van der Waals surface area (Å²) in [5.41, 5.74) is 0.426. The summed E-state index contributed by atoms with van der Waals surface area (Å²) in [4.78, 5) is 11.5. The lowest BCUT2D eigenvalue weighted by molar-refractivity contribution is -0.143. The van der Waals surface area contributed by atoms with Crippen molar-refractivity contribution < 1.29 is 53.8 Å². The van der Waals surface area contributed by atoms with Crippen LogP contribution in [0.5, 0.6) is 5.75 Å². The number of hydrogen-bond acceptors (Lipinski definition) is 6. The minimum atomic E-state index is -5.14. The molecule has 2 aromatic rings. The zero-order chi connectivity index (χ0) is 30.0. The Morgan fingerprint density at radius 1 is 1.18 bits per heavy atom. The number of nitrogens with zero attached hydrogens (tertiary/aromatic N) is 1. The third-order valence-electron chi connectivity index (χ3n) is 6.44. The van der Waals surface area contributed by atoms with Crippen molar-refractivity contribution in [3.05, 3.63) is 47.8 Å². The lowest BCUT2D eigenvalue weighted by atomic mass is 10.00. The van der Waals surface area contributed by atoms with E-state index in [4.69, 9.17) is 10.5 Å². The molecule has 0 unspecified atom stereocenters. The summed E-state index contributed by atoms with van der Waals surface area (Å²) in [6, 6.07) is 5.00. The van der Waals surface area contributed by atoms with Gasteiger partial charge in [0.05, 0.1) is 22.1 Å². The van der Waals surface area contributed by atoms with E-state index in [0.717, 1.165) is 29.2 Å². The summed E-state index contributed by atoms with van der Waals surface area (Å²) >= 11 is 0. The van der Waals surface area contributed by atoms with Crippen molar-refractivity contribution in [3.63, 3.8) is 0 Å². The molecule has 40 heavy (non-hydrogen) atoms. The topological polar surface area (TPSA) is 110 Å². The fraction of sp³-hybridized carbons (Fsp3) is 0.480. The fourth-order valence-electron chi connectivity index (χ4n) is 4.32. The van der Waals surface area contributed by atoms with E-state index in [0.29, 0.717) is 19.1 Å². The van der Waals surface area contributed by atoms with Crippen LogP contribution >= 0.6 is 0 Å². The van der Waals surface area contributed by atoms with Crippen LogP contribution in [0.25, 0.3) is 0 Å². The van der Waals surface area contributed by atoms with E-state index in [1.165, 1.54) is 0 Å². The standard InChI is InChI=1S/C25H27F7N2O5S/c1-24(28,29)8-6-14-12-34(17-4-2-16(26)3-5-17)19-10-18(25(30,31)32)20(11-21(19)40(37,38)22(14)27)39-13-15(7-9-33)23(35)36/h2-5,10-11,14-15,22H,6-9,12-13,33H2,1H3,(H,35,36)/t14-,15+,22+/m1/s1. The molecule has 0 saturated carbocycles. The number of aliphatic carboxylic acids is 1. The summed E-state index contributed by atoms with van der Waals surface area (Å²) in [7, 11) is -5.08. The highest BCUT2D eigenvalue weighted by atomic mass is 32.2. The van der Waals surface area contributed by atoms with Gasteiger partial charge in [0.15, 0.2) is 0 Å². The van der Waals surface area contributed by atoms with Gasteiger partial charge in [-0.25, -0.2) is 26.0 Å². The molecule has 0 spiro atoms. The first-order valence-corrected chi connectivity index (χ1v) is 13.6. The van der Waals surface area contributed by atoms with E-state index in [-0.39, 0.29) is 18.7 Å². The Morgan fingerprint density at radius 2 is 1.80 bits per heavy atom. The van der Waals surface area contributed by atoms with Gasteiger partial charge in [-0.2, -0.15) is 13.2 Å². The number of nitrogens with two attached hydrogens (primary N) is 1. The molecule has 3 atom stereocenters. The Kier molecular flexibility index (Phi) is 9.29. The number of benzene rings is 2. The number of anilines is 2. The van der Waals surface area contributed by atoms with E-state index in [1.807, 2.05) is 0 Å². The van der Waals surface area contributed by atoms with Crippen LogP contribution in [0.15, 0.2) is 41.3 Å². The number of alkyl halides is 6. The van der Waals surface area contributed by atoms with E-state index >= 15 is 4.39 Å². The number of carboxylic acid groups (broad SMARTS) is 1. The van der Waals surface area contributed by atoms with Gasteiger partial charge in [0.25, 0.3) is 0 Å². The molecule has 7 nitrogen and oxygen atoms in total. The largest absolute Gasteiger partial charge is 0.492 e. The molecule has 1 aliphatic rings. The summed E-state index contributed by atoms with van der Waals surface area (Å²) in [5.74, 6) is -9.41. The van der Waals surface area contributed by atoms with Gasteiger partial charge >= 0.3 is 12.1 Å². The van der Waals surface area contributed by atoms with Crippen molar-refractivity contribution in [2.75, 3.05) is 24.6 Å². The van der Waals surface area contributed by atoms with E-state index in [9.17, 15) is 44.7 Å². The minimum absolute atomic E-state index is 0.0177. The third kappa shape index (κ3) is 7.16. The smallest absolute Gasteiger partial charge is 0.420 e. The minimum Gasteiger partial charge on any atom is -0.492 e. The predicted octanol–water partition coefficient (Wildman–Crippen LogP) is 5.55. The number of hydrogen-bond donors (Lipinski definition) is 2. The van der Waals surface area contributed by atoms with Gasteiger partial charge in [-0.1, -0.05) is 0 Å². The molecule has 15 heteroatoms. The van der Waals surface area contributed by atoms with Crippen molar-refractivity contribution in [1.82, 2.24) is 0 Å². The third-order valence-corrected chi connectivity index (χ3v) is 8.36. The number of sulfone groups is 1. The molecule has 0 radical (unpaired) electrons. The molecule has 3 rings (SSSR count). The maximum atomic E-state index is 15.6. The monoisotopic (exact) mass is 600 g/mol. The van der Waals surface area contributed by atoms with Crippen LogP contribution in [0.3, 0.4) is 0 Å². The normalized spacial score (nSPS) is 20.0. The van der Waals surface area contributed by atoms with Gasteiger partial charge in [-0.05, 0) is 56.6 Å². The lowest BCUT2D eigenvalue weighted by Crippen LogP contribution is -2.32. The maximum Gasteiger partial charge on any atom is 0.420 e. The molecule has 222 valence electrons. The van der Waals surface area contributed by atoms with Gasteiger partial charge in [0.2, 0.25) is 21.3 Å². The van der Waals surface area contributed by atoms with E-state index in [1.54, 1.807) is 0 Å². The quantitative estimate of drug-likeness (QED) is 0.345. The summed E-state index contributed by atoms with van der Waals surface area (Å²) in [6.45, 7) is -0.987. The number of carbonyl (C=O) groups is 1. The number of fused-ring (bicyclic) bond motifs is 1. The van der Waals surface area contributed by atoms with Crippen molar-refractivity contribution in [1.29, 1.82) is 0 Å². The molecular weight excluding hydrogens is 573 g/mol. The predicted molar refractivity (Wildman–Crippen MR) is 131 cm³/mol. The average Bonchev–Trinajstić information content (AvgIpc) is 2.92. The second kappa shape index (κ2) is 11.8. The molecule has 1 aliphatic heterocycles. The van der Waals surface area contributed by atoms with Crippen LogP contribution in [0.1, 0.15) is 31.7 Å². The second-order valence-electron chi connectivity index (χ2n) is 9.59. The van der Waals surface area contributed by atoms with Crippen LogP contribution in [0.2, 0.25) is 0 Å². The maximum absolute atomic E-state index is 15.6. The molecule has 0 amide bonds. The van der Waals surface area contributed by atoms with Crippen LogP contribution in [0.4, 0.5) is 42.1 Å². The molecule has 0 bridgehead atoms. The number of ether oxygens (including phenoxy) is 1. The molecule has 0 aliphatic carbocycles. The van der Waals surface area contributed by atoms with Crippen molar-refractivity contribution in [2.24, 2.45) is 17.6 Å². The van der Waals surface area contributed by atoms with Crippen LogP contribution < -0.4 is 15.4 Å². The van der Waals surface area contributed by atoms with Gasteiger partial charge in [0, 0.05) is 30.6 Å². The Bertz CT molecular complexity index is 1310. The van der Waals surface area contributed by atoms with Crippen LogP contribution in [-0.2, 0) is 20.8 Å². The number of carboxylic acids is 1. The molecule has 0 saturated heterocycles. The van der Waals surface area contributed by atoms with Crippen LogP contribution in [-0.4, -0.2) is 50.6 Å². The highest BCUT2D eigenvalue weighted by Crippen LogP contribution is 2.47. The Labute approximate surface area is 225 Å². The Hall–Kier alpha value is -3.07. The molecular formula is C25H27F7N2O5S. The lowest BCUT2D eigenvalue weighted by Gasteiger charge is -2.29. The second-order valence-corrected chi connectivity index (χ2v) is 11.6. The van der Waals surface area contributed by atoms with Crippen molar-refractivity contribution >= 4 is 27.2 Å². The summed E-state index contributed by atoms with van der Waals surface area (Å²) in [5, 5.41) is 9.29. The highest BCUT2D eigenvalue weighted by molar-refractivity contribution is 7.92. The van der Waals surface area contributed by atoms with Gasteiger partial charge in [-0.3, -0.25) is 4.79 Å². The Balaban J connectivity index is 2.23.